The zero-order valence-corrected chi connectivity index (χ0v) is 13.3. The van der Waals surface area contributed by atoms with Crippen LogP contribution in [-0.2, 0) is 0 Å². The molecule has 0 bridgehead atoms. The highest BCUT2D eigenvalue weighted by Crippen LogP contribution is 2.32. The Balaban J connectivity index is 1.71. The second-order valence-electron chi connectivity index (χ2n) is 7.30. The number of hydrogen-bond acceptors (Lipinski definition) is 2. The van der Waals surface area contributed by atoms with E-state index in [1.807, 2.05) is 0 Å². The molecule has 1 aliphatic carbocycles. The molecule has 0 aromatic heterocycles. The van der Waals surface area contributed by atoms with Crippen molar-refractivity contribution in [2.75, 3.05) is 6.54 Å². The Kier molecular flexibility index (Phi) is 6.15. The van der Waals surface area contributed by atoms with Crippen LogP contribution in [0.25, 0.3) is 0 Å². The van der Waals surface area contributed by atoms with Crippen LogP contribution in [0.15, 0.2) is 0 Å². The molecule has 4 unspecified atom stereocenters. The smallest absolute Gasteiger partial charge is 0.0113 e. The normalized spacial score (nSPS) is 33.2. The Bertz CT molecular complexity index is 246. The molecule has 1 saturated carbocycles. The maximum Gasteiger partial charge on any atom is 0.0113 e. The topological polar surface area (TPSA) is 24.1 Å². The Morgan fingerprint density at radius 2 is 1.89 bits per heavy atom. The SMILES string of the molecule is CC(C)CCCC(C)NC1CCCC1C1CCCN1. The second-order valence-corrected chi connectivity index (χ2v) is 7.30. The van der Waals surface area contributed by atoms with Crippen molar-refractivity contribution in [2.24, 2.45) is 11.8 Å². The summed E-state index contributed by atoms with van der Waals surface area (Å²) in [6.07, 6.45) is 11.2. The van der Waals surface area contributed by atoms with E-state index in [1.54, 1.807) is 0 Å². The first-order chi connectivity index (χ1) is 9.16. The molecule has 1 saturated heterocycles. The summed E-state index contributed by atoms with van der Waals surface area (Å²) in [4.78, 5) is 0. The standard InChI is InChI=1S/C17H34N2/c1-13(2)7-4-8-14(3)19-17-10-5-9-15(17)16-11-6-12-18-16/h13-19H,4-12H2,1-3H3. The molecule has 0 aromatic rings. The first-order valence-corrected chi connectivity index (χ1v) is 8.66. The number of rotatable bonds is 7. The Hall–Kier alpha value is -0.0800. The van der Waals surface area contributed by atoms with Crippen molar-refractivity contribution in [2.45, 2.75) is 90.3 Å². The molecule has 0 radical (unpaired) electrons. The summed E-state index contributed by atoms with van der Waals surface area (Å²) in [6, 6.07) is 2.29. The van der Waals surface area contributed by atoms with Gasteiger partial charge >= 0.3 is 0 Å². The van der Waals surface area contributed by atoms with Crippen molar-refractivity contribution in [3.8, 4) is 0 Å². The van der Waals surface area contributed by atoms with Crippen molar-refractivity contribution in [1.29, 1.82) is 0 Å². The van der Waals surface area contributed by atoms with Crippen LogP contribution in [-0.4, -0.2) is 24.7 Å². The molecule has 2 N–H and O–H groups in total. The zero-order chi connectivity index (χ0) is 13.7. The fraction of sp³-hybridized carbons (Fsp3) is 1.00. The lowest BCUT2D eigenvalue weighted by Gasteiger charge is -2.29. The summed E-state index contributed by atoms with van der Waals surface area (Å²) in [5.41, 5.74) is 0. The van der Waals surface area contributed by atoms with Crippen molar-refractivity contribution in [3.05, 3.63) is 0 Å². The van der Waals surface area contributed by atoms with Crippen LogP contribution in [0.1, 0.15) is 72.1 Å². The minimum atomic E-state index is 0.700. The van der Waals surface area contributed by atoms with E-state index in [2.05, 4.69) is 31.4 Å². The summed E-state index contributed by atoms with van der Waals surface area (Å²) >= 11 is 0. The third-order valence-corrected chi connectivity index (χ3v) is 5.10. The average Bonchev–Trinajstić information content (AvgIpc) is 2.97. The van der Waals surface area contributed by atoms with Crippen LogP contribution in [0.5, 0.6) is 0 Å². The molecule has 4 atom stereocenters. The maximum atomic E-state index is 3.94. The van der Waals surface area contributed by atoms with Crippen LogP contribution in [0.4, 0.5) is 0 Å². The van der Waals surface area contributed by atoms with Gasteiger partial charge in [-0.15, -0.1) is 0 Å². The van der Waals surface area contributed by atoms with E-state index < -0.39 is 0 Å². The highest BCUT2D eigenvalue weighted by atomic mass is 15.0. The fourth-order valence-corrected chi connectivity index (χ4v) is 4.04. The van der Waals surface area contributed by atoms with Crippen LogP contribution in [0, 0.1) is 11.8 Å². The van der Waals surface area contributed by atoms with Gasteiger partial charge in [-0.3, -0.25) is 0 Å². The second kappa shape index (κ2) is 7.64. The molecular formula is C17H34N2. The molecule has 2 fully saturated rings. The molecular weight excluding hydrogens is 232 g/mol. The third kappa shape index (κ3) is 4.75. The number of nitrogens with one attached hydrogen (secondary N) is 2. The van der Waals surface area contributed by atoms with Crippen molar-refractivity contribution >= 4 is 0 Å². The Morgan fingerprint density at radius 1 is 1.05 bits per heavy atom. The van der Waals surface area contributed by atoms with E-state index in [1.165, 1.54) is 57.9 Å². The van der Waals surface area contributed by atoms with Crippen molar-refractivity contribution in [1.82, 2.24) is 10.6 Å². The minimum absolute atomic E-state index is 0.700. The predicted octanol–water partition coefficient (Wildman–Crippen LogP) is 3.71. The summed E-state index contributed by atoms with van der Waals surface area (Å²) in [5.74, 6) is 1.75. The summed E-state index contributed by atoms with van der Waals surface area (Å²) in [7, 11) is 0. The van der Waals surface area contributed by atoms with E-state index in [-0.39, 0.29) is 0 Å². The molecule has 2 nitrogen and oxygen atoms in total. The molecule has 0 aromatic carbocycles. The third-order valence-electron chi connectivity index (χ3n) is 5.10. The quantitative estimate of drug-likeness (QED) is 0.734. The first-order valence-electron chi connectivity index (χ1n) is 8.66. The number of hydrogen-bond donors (Lipinski definition) is 2. The first kappa shape index (κ1) is 15.3. The van der Waals surface area contributed by atoms with Gasteiger partial charge in [0.05, 0.1) is 0 Å². The zero-order valence-electron chi connectivity index (χ0n) is 13.3. The molecule has 19 heavy (non-hydrogen) atoms. The summed E-state index contributed by atoms with van der Waals surface area (Å²) < 4.78 is 0. The molecule has 0 spiro atoms. The van der Waals surface area contributed by atoms with Crippen molar-refractivity contribution in [3.63, 3.8) is 0 Å². The van der Waals surface area contributed by atoms with Gasteiger partial charge in [0, 0.05) is 18.1 Å². The molecule has 2 aliphatic rings. The summed E-state index contributed by atoms with van der Waals surface area (Å²) in [5, 5.41) is 7.66. The van der Waals surface area contributed by atoms with Gasteiger partial charge in [0.1, 0.15) is 0 Å². The largest absolute Gasteiger partial charge is 0.314 e. The van der Waals surface area contributed by atoms with Gasteiger partial charge in [0.2, 0.25) is 0 Å². The average molecular weight is 266 g/mol. The van der Waals surface area contributed by atoms with Gasteiger partial charge in [-0.25, -0.2) is 0 Å². The molecule has 1 aliphatic heterocycles. The van der Waals surface area contributed by atoms with Gasteiger partial charge in [-0.05, 0) is 57.4 Å². The lowest BCUT2D eigenvalue weighted by Crippen LogP contribution is -2.45. The van der Waals surface area contributed by atoms with E-state index in [4.69, 9.17) is 0 Å². The lowest BCUT2D eigenvalue weighted by atomic mass is 9.92. The van der Waals surface area contributed by atoms with Crippen LogP contribution in [0.2, 0.25) is 0 Å². The van der Waals surface area contributed by atoms with Gasteiger partial charge in [-0.1, -0.05) is 33.1 Å². The Morgan fingerprint density at radius 3 is 2.58 bits per heavy atom. The van der Waals surface area contributed by atoms with Crippen LogP contribution < -0.4 is 10.6 Å². The minimum Gasteiger partial charge on any atom is -0.314 e. The molecule has 2 rings (SSSR count). The van der Waals surface area contributed by atoms with Crippen LogP contribution in [0.3, 0.4) is 0 Å². The molecule has 0 amide bonds. The highest BCUT2D eigenvalue weighted by Gasteiger charge is 2.35. The summed E-state index contributed by atoms with van der Waals surface area (Å²) in [6.45, 7) is 8.29. The highest BCUT2D eigenvalue weighted by molar-refractivity contribution is 4.93. The van der Waals surface area contributed by atoms with E-state index >= 15 is 0 Å². The van der Waals surface area contributed by atoms with Gasteiger partial charge in [-0.2, -0.15) is 0 Å². The fourth-order valence-electron chi connectivity index (χ4n) is 4.04. The van der Waals surface area contributed by atoms with E-state index in [0.717, 1.165) is 23.9 Å². The predicted molar refractivity (Wildman–Crippen MR) is 83.4 cm³/mol. The van der Waals surface area contributed by atoms with Crippen molar-refractivity contribution < 1.29 is 0 Å². The van der Waals surface area contributed by atoms with Gasteiger partial charge < -0.3 is 10.6 Å². The maximum absolute atomic E-state index is 3.94. The molecule has 2 heteroatoms. The van der Waals surface area contributed by atoms with Gasteiger partial charge in [0.25, 0.3) is 0 Å². The lowest BCUT2D eigenvalue weighted by molar-refractivity contribution is 0.294. The monoisotopic (exact) mass is 266 g/mol. The van der Waals surface area contributed by atoms with E-state index in [9.17, 15) is 0 Å². The molecule has 112 valence electrons. The Labute approximate surface area is 120 Å². The molecule has 1 heterocycles. The van der Waals surface area contributed by atoms with E-state index in [0.29, 0.717) is 6.04 Å². The van der Waals surface area contributed by atoms with Crippen LogP contribution >= 0.6 is 0 Å². The van der Waals surface area contributed by atoms with Gasteiger partial charge in [0.15, 0.2) is 0 Å².